The first-order chi connectivity index (χ1) is 14.4. The van der Waals surface area contributed by atoms with Crippen LogP contribution in [0, 0.1) is 0 Å². The monoisotopic (exact) mass is 435 g/mol. The van der Waals surface area contributed by atoms with E-state index in [-0.39, 0.29) is 42.1 Å². The molecule has 1 amide bonds. The normalized spacial score (nSPS) is 11.3. The first kappa shape index (κ1) is 21.4. The van der Waals surface area contributed by atoms with Gasteiger partial charge in [-0.1, -0.05) is 12.1 Å². The highest BCUT2D eigenvalue weighted by Crippen LogP contribution is 2.38. The minimum atomic E-state index is -4.74. The molecule has 0 aliphatic carbocycles. The Labute approximate surface area is 170 Å². The molecular weight excluding hydrogens is 417 g/mol. The molecule has 2 heterocycles. The van der Waals surface area contributed by atoms with E-state index in [9.17, 15) is 14.2 Å². The predicted molar refractivity (Wildman–Crippen MR) is 103 cm³/mol. The molecule has 0 fully saturated rings. The molecule has 0 atom stereocenters. The van der Waals surface area contributed by atoms with Crippen LogP contribution in [0.2, 0.25) is 0 Å². The number of amides is 1. The Balaban J connectivity index is 1.78. The number of rotatable bonds is 11. The molecule has 0 bridgehead atoms. The zero-order valence-electron chi connectivity index (χ0n) is 15.6. The summed E-state index contributed by atoms with van der Waals surface area (Å²) in [7, 11) is -4.74. The summed E-state index contributed by atoms with van der Waals surface area (Å²) in [5.41, 5.74) is 1.09. The predicted octanol–water partition coefficient (Wildman–Crippen LogP) is 1.98. The molecule has 0 aliphatic heterocycles. The van der Waals surface area contributed by atoms with Gasteiger partial charge in [0.05, 0.1) is 11.0 Å². The van der Waals surface area contributed by atoms with Crippen LogP contribution < -0.4 is 14.6 Å². The summed E-state index contributed by atoms with van der Waals surface area (Å²) in [4.78, 5) is 49.3. The van der Waals surface area contributed by atoms with Gasteiger partial charge in [-0.05, 0) is 24.6 Å². The standard InChI is InChI=1S/C18H18N3O8P/c22-11-19-9-3-6-15(23)17-18(21-14-5-2-1-4-13(14)20-17)27-10-12-7-8-16(28-12)29-30(24,25)26/h1-2,4-5,7-8,11H,3,6,9-10H2,(H,19,22)(H2,24,25,26). The Morgan fingerprint density at radius 1 is 1.17 bits per heavy atom. The Morgan fingerprint density at radius 3 is 2.60 bits per heavy atom. The number of aromatic nitrogens is 2. The Hall–Kier alpha value is -3.27. The van der Waals surface area contributed by atoms with Gasteiger partial charge in [0.2, 0.25) is 12.3 Å². The van der Waals surface area contributed by atoms with Crippen LogP contribution in [0.3, 0.4) is 0 Å². The van der Waals surface area contributed by atoms with Crippen LogP contribution in [0.1, 0.15) is 29.1 Å². The van der Waals surface area contributed by atoms with E-state index in [1.54, 1.807) is 24.3 Å². The minimum Gasteiger partial charge on any atom is -0.468 e. The maximum atomic E-state index is 12.6. The Bertz CT molecular complexity index is 1090. The third-order valence-electron chi connectivity index (χ3n) is 3.81. The second-order valence-corrected chi connectivity index (χ2v) is 7.22. The van der Waals surface area contributed by atoms with Crippen molar-refractivity contribution in [2.24, 2.45) is 0 Å². The average molecular weight is 435 g/mol. The van der Waals surface area contributed by atoms with Crippen molar-refractivity contribution in [2.75, 3.05) is 6.54 Å². The molecule has 3 rings (SSSR count). The van der Waals surface area contributed by atoms with Gasteiger partial charge >= 0.3 is 7.82 Å². The van der Waals surface area contributed by atoms with E-state index in [2.05, 4.69) is 19.8 Å². The highest BCUT2D eigenvalue weighted by atomic mass is 31.2. The topological polar surface area (TPSA) is 161 Å². The lowest BCUT2D eigenvalue weighted by molar-refractivity contribution is -0.109. The smallest absolute Gasteiger partial charge is 0.468 e. The number of ketones is 1. The van der Waals surface area contributed by atoms with E-state index in [4.69, 9.17) is 18.9 Å². The number of phosphoric ester groups is 1. The number of ether oxygens (including phenoxy) is 1. The summed E-state index contributed by atoms with van der Waals surface area (Å²) in [6, 6.07) is 9.62. The summed E-state index contributed by atoms with van der Waals surface area (Å²) >= 11 is 0. The van der Waals surface area contributed by atoms with Crippen molar-refractivity contribution in [1.29, 1.82) is 0 Å². The second-order valence-electron chi connectivity index (χ2n) is 6.06. The summed E-state index contributed by atoms with van der Waals surface area (Å²) in [6.45, 7) is 0.172. The molecule has 0 unspecified atom stereocenters. The van der Waals surface area contributed by atoms with Gasteiger partial charge in [0.1, 0.15) is 12.4 Å². The van der Waals surface area contributed by atoms with Gasteiger partial charge in [0.15, 0.2) is 11.5 Å². The van der Waals surface area contributed by atoms with Crippen molar-refractivity contribution < 1.29 is 37.6 Å². The van der Waals surface area contributed by atoms with Gasteiger partial charge in [-0.25, -0.2) is 14.5 Å². The van der Waals surface area contributed by atoms with Crippen LogP contribution in [0.15, 0.2) is 40.8 Å². The Kier molecular flexibility index (Phi) is 6.78. The lowest BCUT2D eigenvalue weighted by Crippen LogP contribution is -2.15. The zero-order chi connectivity index (χ0) is 21.6. The molecule has 0 radical (unpaired) electrons. The molecule has 158 valence electrons. The number of hydrogen-bond donors (Lipinski definition) is 3. The molecule has 11 nitrogen and oxygen atoms in total. The largest absolute Gasteiger partial charge is 0.527 e. The summed E-state index contributed by atoms with van der Waals surface area (Å²) < 4.78 is 26.0. The van der Waals surface area contributed by atoms with Crippen LogP contribution in [-0.2, 0) is 16.0 Å². The fraction of sp³-hybridized carbons (Fsp3) is 0.222. The van der Waals surface area contributed by atoms with Crippen molar-refractivity contribution in [3.05, 3.63) is 47.9 Å². The number of fused-ring (bicyclic) bond motifs is 1. The molecule has 3 N–H and O–H groups in total. The highest BCUT2D eigenvalue weighted by Gasteiger charge is 2.20. The average Bonchev–Trinajstić information content (AvgIpc) is 3.14. The van der Waals surface area contributed by atoms with Crippen molar-refractivity contribution in [3.8, 4) is 11.8 Å². The van der Waals surface area contributed by atoms with Gasteiger partial charge in [-0.2, -0.15) is 0 Å². The molecule has 0 saturated heterocycles. The number of hydrogen-bond acceptors (Lipinski definition) is 8. The van der Waals surface area contributed by atoms with Gasteiger partial charge in [0.25, 0.3) is 5.95 Å². The van der Waals surface area contributed by atoms with Crippen molar-refractivity contribution >= 4 is 31.0 Å². The van der Waals surface area contributed by atoms with Gasteiger partial charge < -0.3 is 19.0 Å². The number of phosphoric acid groups is 1. The fourth-order valence-electron chi connectivity index (χ4n) is 2.54. The lowest BCUT2D eigenvalue weighted by atomic mass is 10.1. The van der Waals surface area contributed by atoms with Crippen LogP contribution in [0.5, 0.6) is 11.8 Å². The highest BCUT2D eigenvalue weighted by molar-refractivity contribution is 7.46. The molecule has 12 heteroatoms. The van der Waals surface area contributed by atoms with Crippen molar-refractivity contribution in [3.63, 3.8) is 0 Å². The van der Waals surface area contributed by atoms with Crippen LogP contribution >= 0.6 is 7.82 Å². The van der Waals surface area contributed by atoms with Gasteiger partial charge in [-0.3, -0.25) is 19.4 Å². The number of benzene rings is 1. The number of carbonyl (C=O) groups excluding carboxylic acids is 2. The quantitative estimate of drug-likeness (QED) is 0.176. The number of nitrogens with zero attached hydrogens (tertiary/aromatic N) is 2. The van der Waals surface area contributed by atoms with Gasteiger partial charge in [0, 0.05) is 19.0 Å². The van der Waals surface area contributed by atoms with E-state index in [0.29, 0.717) is 30.4 Å². The SMILES string of the molecule is O=CNCCCC(=O)c1nc2ccccc2nc1OCc1ccc(OP(=O)(O)O)o1. The number of carbonyl (C=O) groups is 2. The third-order valence-corrected chi connectivity index (χ3v) is 4.23. The molecule has 1 aromatic carbocycles. The van der Waals surface area contributed by atoms with Crippen molar-refractivity contribution in [2.45, 2.75) is 19.4 Å². The zero-order valence-corrected chi connectivity index (χ0v) is 16.4. The molecule has 2 aromatic heterocycles. The van der Waals surface area contributed by atoms with Crippen LogP contribution in [0.4, 0.5) is 0 Å². The molecule has 0 saturated carbocycles. The first-order valence-corrected chi connectivity index (χ1v) is 10.3. The molecule has 0 aliphatic rings. The van der Waals surface area contributed by atoms with E-state index < -0.39 is 7.82 Å². The fourth-order valence-corrected chi connectivity index (χ4v) is 2.87. The van der Waals surface area contributed by atoms with E-state index in [0.717, 1.165) is 0 Å². The minimum absolute atomic E-state index is 0.00379. The molecule has 30 heavy (non-hydrogen) atoms. The second kappa shape index (κ2) is 9.49. The Morgan fingerprint density at radius 2 is 1.90 bits per heavy atom. The molecule has 3 aromatic rings. The van der Waals surface area contributed by atoms with E-state index in [1.807, 2.05) is 0 Å². The van der Waals surface area contributed by atoms with E-state index >= 15 is 0 Å². The summed E-state index contributed by atoms with van der Waals surface area (Å²) in [5.74, 6) is -0.482. The third kappa shape index (κ3) is 5.86. The molecular formula is C18H18N3O8P. The molecule has 0 spiro atoms. The van der Waals surface area contributed by atoms with Crippen LogP contribution in [0.25, 0.3) is 11.0 Å². The van der Waals surface area contributed by atoms with Gasteiger partial charge in [-0.15, -0.1) is 0 Å². The number of nitrogens with one attached hydrogen (secondary N) is 1. The van der Waals surface area contributed by atoms with Crippen molar-refractivity contribution in [1.82, 2.24) is 15.3 Å². The maximum absolute atomic E-state index is 12.6. The first-order valence-electron chi connectivity index (χ1n) is 8.79. The number of furan rings is 1. The number of Topliss-reactive ketones (excluding diaryl/α,β-unsaturated/α-hetero) is 1. The lowest BCUT2D eigenvalue weighted by Gasteiger charge is -2.10. The number of para-hydroxylation sites is 2. The summed E-state index contributed by atoms with van der Waals surface area (Å²) in [5, 5.41) is 2.48. The van der Waals surface area contributed by atoms with E-state index in [1.165, 1.54) is 12.1 Å². The van der Waals surface area contributed by atoms with Crippen LogP contribution in [-0.4, -0.2) is 38.5 Å². The maximum Gasteiger partial charge on any atom is 0.527 e. The summed E-state index contributed by atoms with van der Waals surface area (Å²) in [6.07, 6.45) is 1.11.